The molecule has 1 aliphatic heterocycles. The molecule has 0 bridgehead atoms. The average molecular weight is 312 g/mol. The molecule has 23 heavy (non-hydrogen) atoms. The Kier molecular flexibility index (Phi) is 4.18. The fourth-order valence-electron chi connectivity index (χ4n) is 2.88. The Balaban J connectivity index is 1.90. The molecular weight excluding hydrogens is 291 g/mol. The number of hydrogen-bond acceptors (Lipinski definition) is 2. The lowest BCUT2D eigenvalue weighted by Crippen LogP contribution is -2.33. The van der Waals surface area contributed by atoms with Crippen LogP contribution in [0.15, 0.2) is 36.4 Å². The van der Waals surface area contributed by atoms with E-state index in [1.54, 1.807) is 19.1 Å². The predicted octanol–water partition coefficient (Wildman–Crippen LogP) is 3.25. The zero-order chi connectivity index (χ0) is 16.6. The van der Waals surface area contributed by atoms with Gasteiger partial charge in [0.15, 0.2) is 0 Å². The molecule has 0 N–H and O–H groups in total. The highest BCUT2D eigenvalue weighted by Gasteiger charge is 2.27. The predicted molar refractivity (Wildman–Crippen MR) is 91.2 cm³/mol. The summed E-state index contributed by atoms with van der Waals surface area (Å²) in [5, 5.41) is 0. The lowest BCUT2D eigenvalue weighted by Gasteiger charge is -2.20. The van der Waals surface area contributed by atoms with Crippen molar-refractivity contribution in [2.45, 2.75) is 13.3 Å². The van der Waals surface area contributed by atoms with Crippen molar-refractivity contribution in [1.82, 2.24) is 4.90 Å². The van der Waals surface area contributed by atoms with Crippen LogP contribution in [0.1, 0.15) is 11.1 Å². The lowest BCUT2D eigenvalue weighted by atomic mass is 10.0. The van der Waals surface area contributed by atoms with Gasteiger partial charge in [-0.1, -0.05) is 18.2 Å². The van der Waals surface area contributed by atoms with E-state index in [4.69, 9.17) is 0 Å². The molecule has 1 aliphatic rings. The van der Waals surface area contributed by atoms with Crippen molar-refractivity contribution in [2.24, 2.45) is 0 Å². The third kappa shape index (κ3) is 3.13. The number of nitrogens with zero attached hydrogens (tertiary/aromatic N) is 2. The molecule has 2 aromatic rings. The minimum absolute atomic E-state index is 0.133. The second kappa shape index (κ2) is 6.13. The summed E-state index contributed by atoms with van der Waals surface area (Å²) in [7, 11) is 3.99. The second-order valence-electron chi connectivity index (χ2n) is 6.33. The van der Waals surface area contributed by atoms with E-state index in [0.29, 0.717) is 18.5 Å². The van der Waals surface area contributed by atoms with Gasteiger partial charge >= 0.3 is 0 Å². The Morgan fingerprint density at radius 3 is 2.52 bits per heavy atom. The number of carbonyl (C=O) groups excluding carboxylic acids is 1. The summed E-state index contributed by atoms with van der Waals surface area (Å²) >= 11 is 0. The van der Waals surface area contributed by atoms with Crippen LogP contribution in [-0.4, -0.2) is 38.0 Å². The number of aryl methyl sites for hydroxylation is 1. The van der Waals surface area contributed by atoms with Crippen molar-refractivity contribution >= 4 is 11.6 Å². The van der Waals surface area contributed by atoms with Crippen LogP contribution in [0.5, 0.6) is 0 Å². The zero-order valence-corrected chi connectivity index (χ0v) is 13.8. The number of carbonyl (C=O) groups is 1. The van der Waals surface area contributed by atoms with Crippen LogP contribution in [0.4, 0.5) is 10.1 Å². The summed E-state index contributed by atoms with van der Waals surface area (Å²) in [6.45, 7) is 3.27. The molecule has 0 spiro atoms. The molecule has 1 heterocycles. The minimum Gasteiger partial charge on any atom is -0.311 e. The van der Waals surface area contributed by atoms with Crippen molar-refractivity contribution < 1.29 is 9.18 Å². The number of rotatable bonds is 4. The lowest BCUT2D eigenvalue weighted by molar-refractivity contribution is -0.117. The second-order valence-corrected chi connectivity index (χ2v) is 6.33. The molecule has 3 rings (SSSR count). The van der Waals surface area contributed by atoms with E-state index >= 15 is 0 Å². The van der Waals surface area contributed by atoms with Gasteiger partial charge in [0.05, 0.1) is 6.42 Å². The van der Waals surface area contributed by atoms with Gasteiger partial charge in [0, 0.05) is 18.8 Å². The summed E-state index contributed by atoms with van der Waals surface area (Å²) in [4.78, 5) is 16.1. The molecule has 0 aliphatic carbocycles. The fraction of sp³-hybridized carbons (Fsp3) is 0.316. The summed E-state index contributed by atoms with van der Waals surface area (Å²) in [6.07, 6.45) is 0.422. The number of amides is 1. The van der Waals surface area contributed by atoms with Crippen molar-refractivity contribution in [3.8, 4) is 11.1 Å². The average Bonchev–Trinajstić information content (AvgIpc) is 2.82. The van der Waals surface area contributed by atoms with Gasteiger partial charge in [-0.15, -0.1) is 0 Å². The quantitative estimate of drug-likeness (QED) is 0.865. The Bertz CT molecular complexity index is 755. The van der Waals surface area contributed by atoms with Gasteiger partial charge in [-0.3, -0.25) is 4.79 Å². The SMILES string of the molecule is Cc1ccc(-c2ccc3c(c2)CC(=O)N3CCN(C)C)cc1F. The molecular formula is C19H21FN2O. The molecule has 0 radical (unpaired) electrons. The molecule has 0 unspecified atom stereocenters. The number of likely N-dealkylation sites (N-methyl/N-ethyl adjacent to an activating group) is 1. The molecule has 0 saturated carbocycles. The van der Waals surface area contributed by atoms with Crippen LogP contribution < -0.4 is 4.90 Å². The molecule has 0 atom stereocenters. The normalized spacial score (nSPS) is 13.8. The molecule has 0 fully saturated rings. The first-order chi connectivity index (χ1) is 11.0. The highest BCUT2D eigenvalue weighted by molar-refractivity contribution is 6.02. The van der Waals surface area contributed by atoms with Crippen LogP contribution in [0.3, 0.4) is 0 Å². The van der Waals surface area contributed by atoms with Gasteiger partial charge in [0.1, 0.15) is 5.82 Å². The van der Waals surface area contributed by atoms with E-state index in [2.05, 4.69) is 4.90 Å². The third-order valence-corrected chi connectivity index (χ3v) is 4.29. The van der Waals surface area contributed by atoms with Crippen LogP contribution >= 0.6 is 0 Å². The summed E-state index contributed by atoms with van der Waals surface area (Å²) in [5.74, 6) is -0.0687. The molecule has 4 heteroatoms. The first kappa shape index (κ1) is 15.7. The zero-order valence-electron chi connectivity index (χ0n) is 13.8. The number of fused-ring (bicyclic) bond motifs is 1. The van der Waals surface area contributed by atoms with E-state index in [1.165, 1.54) is 0 Å². The smallest absolute Gasteiger partial charge is 0.231 e. The van der Waals surface area contributed by atoms with Crippen LogP contribution in [0, 0.1) is 12.7 Å². The fourth-order valence-corrected chi connectivity index (χ4v) is 2.88. The van der Waals surface area contributed by atoms with Crippen LogP contribution in [0.25, 0.3) is 11.1 Å². The number of hydrogen-bond donors (Lipinski definition) is 0. The Labute approximate surface area is 136 Å². The van der Waals surface area contributed by atoms with Gasteiger partial charge in [-0.25, -0.2) is 4.39 Å². The first-order valence-electron chi connectivity index (χ1n) is 7.80. The summed E-state index contributed by atoms with van der Waals surface area (Å²) in [6, 6.07) is 11.2. The van der Waals surface area contributed by atoms with Gasteiger partial charge in [-0.2, -0.15) is 0 Å². The maximum absolute atomic E-state index is 13.8. The van der Waals surface area contributed by atoms with Crippen molar-refractivity contribution in [3.63, 3.8) is 0 Å². The Morgan fingerprint density at radius 2 is 1.83 bits per heavy atom. The largest absolute Gasteiger partial charge is 0.311 e. The highest BCUT2D eigenvalue weighted by atomic mass is 19.1. The van der Waals surface area contributed by atoms with Crippen molar-refractivity contribution in [1.29, 1.82) is 0 Å². The van der Waals surface area contributed by atoms with Gasteiger partial charge in [-0.05, 0) is 61.5 Å². The van der Waals surface area contributed by atoms with E-state index in [-0.39, 0.29) is 11.7 Å². The molecule has 0 aromatic heterocycles. The maximum atomic E-state index is 13.8. The monoisotopic (exact) mass is 312 g/mol. The molecule has 3 nitrogen and oxygen atoms in total. The van der Waals surface area contributed by atoms with Crippen LogP contribution in [0.2, 0.25) is 0 Å². The standard InChI is InChI=1S/C19H21FN2O/c1-13-4-5-15(11-17(13)20)14-6-7-18-16(10-14)12-19(23)22(18)9-8-21(2)3/h4-7,10-11H,8-9,12H2,1-3H3. The topological polar surface area (TPSA) is 23.6 Å². The van der Waals surface area contributed by atoms with Gasteiger partial charge in [0.25, 0.3) is 0 Å². The molecule has 2 aromatic carbocycles. The minimum atomic E-state index is -0.202. The summed E-state index contributed by atoms with van der Waals surface area (Å²) in [5.41, 5.74) is 4.43. The summed E-state index contributed by atoms with van der Waals surface area (Å²) < 4.78 is 13.8. The molecule has 120 valence electrons. The molecule has 1 amide bonds. The van der Waals surface area contributed by atoms with Gasteiger partial charge in [0.2, 0.25) is 5.91 Å². The molecule has 0 saturated heterocycles. The van der Waals surface area contributed by atoms with Crippen LogP contribution in [-0.2, 0) is 11.2 Å². The van der Waals surface area contributed by atoms with E-state index in [1.807, 2.05) is 43.3 Å². The van der Waals surface area contributed by atoms with Crippen molar-refractivity contribution in [3.05, 3.63) is 53.3 Å². The third-order valence-electron chi connectivity index (χ3n) is 4.29. The Hall–Kier alpha value is -2.20. The first-order valence-corrected chi connectivity index (χ1v) is 7.80. The highest BCUT2D eigenvalue weighted by Crippen LogP contribution is 2.33. The maximum Gasteiger partial charge on any atom is 0.231 e. The number of anilines is 1. The Morgan fingerprint density at radius 1 is 1.13 bits per heavy atom. The van der Waals surface area contributed by atoms with E-state index in [0.717, 1.165) is 28.9 Å². The van der Waals surface area contributed by atoms with E-state index < -0.39 is 0 Å². The van der Waals surface area contributed by atoms with E-state index in [9.17, 15) is 9.18 Å². The number of halogens is 1. The van der Waals surface area contributed by atoms with Gasteiger partial charge < -0.3 is 9.80 Å². The van der Waals surface area contributed by atoms with Crippen molar-refractivity contribution in [2.75, 3.05) is 32.1 Å². The number of benzene rings is 2.